The zero-order valence-electron chi connectivity index (χ0n) is 32.8. The van der Waals surface area contributed by atoms with Crippen LogP contribution in [0.4, 0.5) is 0 Å². The van der Waals surface area contributed by atoms with Crippen molar-refractivity contribution >= 4 is 43.7 Å². The maximum atomic E-state index is 9.48. The van der Waals surface area contributed by atoms with E-state index in [1.54, 1.807) is 24.3 Å². The van der Waals surface area contributed by atoms with Gasteiger partial charge in [-0.2, -0.15) is 0 Å². The fourth-order valence-corrected chi connectivity index (χ4v) is 5.48. The van der Waals surface area contributed by atoms with Crippen LogP contribution in [0.1, 0.15) is 13.7 Å². The quantitative estimate of drug-likeness (QED) is 0.210. The average Bonchev–Trinajstić information content (AvgIpc) is 3.79. The summed E-state index contributed by atoms with van der Waals surface area (Å²) in [7, 11) is 0. The number of rotatable bonds is 4. The van der Waals surface area contributed by atoms with Gasteiger partial charge in [0.25, 0.3) is 0 Å². The van der Waals surface area contributed by atoms with Gasteiger partial charge in [-0.05, 0) is 30.3 Å². The highest BCUT2D eigenvalue weighted by atomic mass is 16.3. The largest absolute Gasteiger partial charge is 0.456 e. The van der Waals surface area contributed by atoms with E-state index in [0.717, 1.165) is 11.1 Å². The Labute approximate surface area is 266 Å². The molecule has 0 atom stereocenters. The SMILES string of the molecule is [2H]c1c([2H])c([2H])c2c(oc3c([2H])c4c(c([2H])c32)c2c([2H])c([2H])c([2H])c([2H])c2n4-c2cccc(-c3nc(-c4ccccc4)nc(-c4ccccc4)n3)c2)c1[2H]. The van der Waals surface area contributed by atoms with E-state index in [1.165, 1.54) is 4.57 Å². The molecule has 206 valence electrons. The molecule has 5 nitrogen and oxygen atoms in total. The third-order valence-electron chi connectivity index (χ3n) is 7.48. The molecule has 0 saturated heterocycles. The van der Waals surface area contributed by atoms with Gasteiger partial charge in [-0.15, -0.1) is 0 Å². The van der Waals surface area contributed by atoms with E-state index in [1.807, 2.05) is 60.7 Å². The van der Waals surface area contributed by atoms with Crippen molar-refractivity contribution in [3.63, 3.8) is 0 Å². The predicted octanol–water partition coefficient (Wildman–Crippen LogP) is 9.87. The van der Waals surface area contributed by atoms with Crippen LogP contribution in [0.2, 0.25) is 0 Å². The molecule has 6 aromatic carbocycles. The summed E-state index contributed by atoms with van der Waals surface area (Å²) in [4.78, 5) is 14.4. The normalized spacial score (nSPS) is 14.8. The maximum Gasteiger partial charge on any atom is 0.164 e. The summed E-state index contributed by atoms with van der Waals surface area (Å²) in [6.07, 6.45) is 0. The second-order valence-electron chi connectivity index (χ2n) is 10.1. The lowest BCUT2D eigenvalue weighted by Crippen LogP contribution is -2.01. The molecule has 0 aliphatic rings. The molecule has 0 aliphatic heterocycles. The van der Waals surface area contributed by atoms with E-state index in [0.29, 0.717) is 28.7 Å². The van der Waals surface area contributed by atoms with E-state index < -0.39 is 48.3 Å². The number of aromatic nitrogens is 4. The van der Waals surface area contributed by atoms with E-state index >= 15 is 0 Å². The Kier molecular flexibility index (Phi) is 3.66. The van der Waals surface area contributed by atoms with E-state index in [-0.39, 0.29) is 55.8 Å². The van der Waals surface area contributed by atoms with Crippen LogP contribution < -0.4 is 0 Å². The molecule has 44 heavy (non-hydrogen) atoms. The molecule has 0 bridgehead atoms. The Morgan fingerprint density at radius 2 is 1.11 bits per heavy atom. The molecule has 0 saturated carbocycles. The summed E-state index contributed by atoms with van der Waals surface area (Å²) in [6, 6.07) is 21.4. The first-order valence-electron chi connectivity index (χ1n) is 18.8. The zero-order chi connectivity index (χ0) is 37.7. The van der Waals surface area contributed by atoms with Crippen LogP contribution in [0.25, 0.3) is 83.6 Å². The first-order chi connectivity index (χ1) is 26.0. The predicted molar refractivity (Wildman–Crippen MR) is 178 cm³/mol. The van der Waals surface area contributed by atoms with Crippen molar-refractivity contribution < 1.29 is 18.1 Å². The van der Waals surface area contributed by atoms with Crippen molar-refractivity contribution in [1.29, 1.82) is 0 Å². The molecule has 0 unspecified atom stereocenters. The van der Waals surface area contributed by atoms with Gasteiger partial charge in [0, 0.05) is 50.0 Å². The summed E-state index contributed by atoms with van der Waals surface area (Å²) in [5, 5.41) is -0.150. The van der Waals surface area contributed by atoms with Crippen molar-refractivity contribution in [2.75, 3.05) is 0 Å². The summed E-state index contributed by atoms with van der Waals surface area (Å²) < 4.78 is 95.2. The van der Waals surface area contributed by atoms with Crippen molar-refractivity contribution in [2.24, 2.45) is 0 Å². The third-order valence-corrected chi connectivity index (χ3v) is 7.48. The van der Waals surface area contributed by atoms with Crippen LogP contribution in [-0.2, 0) is 0 Å². The summed E-state index contributed by atoms with van der Waals surface area (Å²) >= 11 is 0. The van der Waals surface area contributed by atoms with Gasteiger partial charge < -0.3 is 8.98 Å². The minimum Gasteiger partial charge on any atom is -0.456 e. The Morgan fingerprint density at radius 1 is 0.500 bits per heavy atom. The van der Waals surface area contributed by atoms with E-state index in [9.17, 15) is 2.74 Å². The van der Waals surface area contributed by atoms with E-state index in [2.05, 4.69) is 0 Å². The number of fused-ring (bicyclic) bond motifs is 6. The fraction of sp³-hybridized carbons (Fsp3) is 0. The number of hydrogen-bond donors (Lipinski definition) is 0. The molecule has 0 radical (unpaired) electrons. The van der Waals surface area contributed by atoms with Gasteiger partial charge in [0.05, 0.1) is 24.7 Å². The van der Waals surface area contributed by atoms with Gasteiger partial charge in [0.15, 0.2) is 17.5 Å². The summed E-state index contributed by atoms with van der Waals surface area (Å²) in [5.74, 6) is 1.19. The summed E-state index contributed by atoms with van der Waals surface area (Å²) in [5.41, 5.74) is 2.09. The maximum absolute atomic E-state index is 9.48. The number of para-hydroxylation sites is 2. The highest BCUT2D eigenvalue weighted by Gasteiger charge is 2.18. The molecule has 9 aromatic rings. The second kappa shape index (κ2) is 9.75. The topological polar surface area (TPSA) is 56.7 Å². The minimum absolute atomic E-state index is 0.00732. The smallest absolute Gasteiger partial charge is 0.164 e. The van der Waals surface area contributed by atoms with Crippen molar-refractivity contribution in [3.8, 4) is 39.9 Å². The van der Waals surface area contributed by atoms with Crippen LogP contribution in [0.3, 0.4) is 0 Å². The molecule has 0 fully saturated rings. The molecular weight excluding hydrogens is 540 g/mol. The number of benzene rings is 6. The average molecular weight is 575 g/mol. The number of hydrogen-bond acceptors (Lipinski definition) is 4. The van der Waals surface area contributed by atoms with Gasteiger partial charge >= 0.3 is 0 Å². The number of nitrogens with zero attached hydrogens (tertiary/aromatic N) is 4. The van der Waals surface area contributed by atoms with Crippen LogP contribution >= 0.6 is 0 Å². The standard InChI is InChI=1S/C39H24N4O/c1-3-12-25(13-4-1)37-40-38(26-14-5-2-6-15-26)42-39(41-37)27-16-11-17-28(22-27)43-33-20-9-7-18-29(33)31-23-32-30-19-8-10-21-35(30)44-36(32)24-34(31)43/h1-24H/i7D,8D,9D,10D,18D,19D,20D,21D,23D,24D. The lowest BCUT2D eigenvalue weighted by atomic mass is 10.1. The van der Waals surface area contributed by atoms with Gasteiger partial charge in [0.1, 0.15) is 11.2 Å². The molecule has 9 rings (SSSR count). The van der Waals surface area contributed by atoms with Gasteiger partial charge in [-0.25, -0.2) is 15.0 Å². The highest BCUT2D eigenvalue weighted by molar-refractivity contribution is 6.17. The van der Waals surface area contributed by atoms with Gasteiger partial charge in [-0.3, -0.25) is 0 Å². The molecule has 0 spiro atoms. The van der Waals surface area contributed by atoms with Crippen molar-refractivity contribution in [1.82, 2.24) is 19.5 Å². The molecule has 5 heteroatoms. The molecule has 3 heterocycles. The molecule has 0 N–H and O–H groups in total. The summed E-state index contributed by atoms with van der Waals surface area (Å²) in [6.45, 7) is 0. The Bertz CT molecular complexity index is 3000. The lowest BCUT2D eigenvalue weighted by molar-refractivity contribution is 0.669. The van der Waals surface area contributed by atoms with Crippen LogP contribution in [-0.4, -0.2) is 19.5 Å². The molecule has 3 aromatic heterocycles. The monoisotopic (exact) mass is 574 g/mol. The fourth-order valence-electron chi connectivity index (χ4n) is 5.48. The van der Waals surface area contributed by atoms with Crippen LogP contribution in [0.5, 0.6) is 0 Å². The molecular formula is C39H24N4O. The molecule has 0 amide bonds. The van der Waals surface area contributed by atoms with E-state index in [4.69, 9.17) is 30.3 Å². The first kappa shape index (κ1) is 16.5. The van der Waals surface area contributed by atoms with Crippen molar-refractivity contribution in [2.45, 2.75) is 0 Å². The minimum atomic E-state index is -0.536. The van der Waals surface area contributed by atoms with Crippen LogP contribution in [0, 0.1) is 0 Å². The van der Waals surface area contributed by atoms with Crippen molar-refractivity contribution in [3.05, 3.63) is 145 Å². The Balaban J connectivity index is 1.39. The molecule has 0 aliphatic carbocycles. The number of furan rings is 1. The highest BCUT2D eigenvalue weighted by Crippen LogP contribution is 2.38. The van der Waals surface area contributed by atoms with Crippen LogP contribution in [0.15, 0.2) is 150 Å². The zero-order valence-corrected chi connectivity index (χ0v) is 22.8. The first-order valence-corrected chi connectivity index (χ1v) is 13.8. The lowest BCUT2D eigenvalue weighted by Gasteiger charge is -2.11. The Hall–Kier alpha value is -6.07. The van der Waals surface area contributed by atoms with Gasteiger partial charge in [0.2, 0.25) is 0 Å². The third kappa shape index (κ3) is 3.91. The van der Waals surface area contributed by atoms with Gasteiger partial charge in [-0.1, -0.05) is 109 Å². The Morgan fingerprint density at radius 3 is 1.84 bits per heavy atom. The second-order valence-corrected chi connectivity index (χ2v) is 10.1.